The standard InChI is InChI=1S/C13H20N4O3S/c1-2-5-17-9-13(8-12(17)10-18)21(19,20)15-4-7-16-6-3-14-11-16/h3,6,8-9,11,15,18H,2,4-5,7,10H2,1H3. The van der Waals surface area contributed by atoms with Crippen LogP contribution in [0.2, 0.25) is 0 Å². The fourth-order valence-electron chi connectivity index (χ4n) is 2.06. The summed E-state index contributed by atoms with van der Waals surface area (Å²) in [6, 6.07) is 1.51. The maximum atomic E-state index is 12.2. The van der Waals surface area contributed by atoms with Gasteiger partial charge < -0.3 is 14.2 Å². The van der Waals surface area contributed by atoms with Gasteiger partial charge >= 0.3 is 0 Å². The maximum absolute atomic E-state index is 12.2. The smallest absolute Gasteiger partial charge is 0.242 e. The van der Waals surface area contributed by atoms with Crippen LogP contribution in [-0.4, -0.2) is 34.2 Å². The number of sulfonamides is 1. The van der Waals surface area contributed by atoms with Crippen LogP contribution in [0.3, 0.4) is 0 Å². The summed E-state index contributed by atoms with van der Waals surface area (Å²) >= 11 is 0. The molecule has 0 saturated heterocycles. The Kier molecular flexibility index (Phi) is 5.16. The molecule has 0 atom stereocenters. The second kappa shape index (κ2) is 6.88. The number of aryl methyl sites for hydroxylation is 1. The van der Waals surface area contributed by atoms with Gasteiger partial charge in [-0.3, -0.25) is 0 Å². The largest absolute Gasteiger partial charge is 0.390 e. The van der Waals surface area contributed by atoms with Crippen molar-refractivity contribution in [1.82, 2.24) is 18.8 Å². The number of rotatable bonds is 8. The summed E-state index contributed by atoms with van der Waals surface area (Å²) in [5.41, 5.74) is 0.604. The number of aliphatic hydroxyl groups is 1. The highest BCUT2D eigenvalue weighted by atomic mass is 32.2. The van der Waals surface area contributed by atoms with Gasteiger partial charge in [0.2, 0.25) is 10.0 Å². The molecule has 21 heavy (non-hydrogen) atoms. The zero-order valence-corrected chi connectivity index (χ0v) is 12.8. The minimum atomic E-state index is -3.56. The van der Waals surface area contributed by atoms with E-state index in [0.717, 1.165) is 6.42 Å². The Morgan fingerprint density at radius 1 is 1.38 bits per heavy atom. The molecule has 2 heterocycles. The Morgan fingerprint density at radius 3 is 2.81 bits per heavy atom. The molecule has 116 valence electrons. The van der Waals surface area contributed by atoms with Gasteiger partial charge in [0, 0.05) is 43.9 Å². The fourth-order valence-corrected chi connectivity index (χ4v) is 3.15. The van der Waals surface area contributed by atoms with Gasteiger partial charge in [0.05, 0.1) is 17.8 Å². The van der Waals surface area contributed by atoms with Gasteiger partial charge in [0.25, 0.3) is 0 Å². The van der Waals surface area contributed by atoms with Crippen molar-refractivity contribution >= 4 is 10.0 Å². The van der Waals surface area contributed by atoms with Gasteiger partial charge in [-0.1, -0.05) is 6.92 Å². The van der Waals surface area contributed by atoms with E-state index in [-0.39, 0.29) is 18.0 Å². The summed E-state index contributed by atoms with van der Waals surface area (Å²) in [5, 5.41) is 9.28. The second-order valence-electron chi connectivity index (χ2n) is 4.72. The Hall–Kier alpha value is -1.64. The lowest BCUT2D eigenvalue weighted by Crippen LogP contribution is -2.27. The highest BCUT2D eigenvalue weighted by Gasteiger charge is 2.17. The monoisotopic (exact) mass is 312 g/mol. The highest BCUT2D eigenvalue weighted by Crippen LogP contribution is 2.15. The van der Waals surface area contributed by atoms with Gasteiger partial charge in [-0.15, -0.1) is 0 Å². The van der Waals surface area contributed by atoms with E-state index < -0.39 is 10.0 Å². The van der Waals surface area contributed by atoms with Crippen molar-refractivity contribution in [3.63, 3.8) is 0 Å². The topological polar surface area (TPSA) is 89.2 Å². The normalized spacial score (nSPS) is 11.9. The highest BCUT2D eigenvalue weighted by molar-refractivity contribution is 7.89. The van der Waals surface area contributed by atoms with E-state index in [2.05, 4.69) is 9.71 Å². The van der Waals surface area contributed by atoms with Crippen LogP contribution in [-0.2, 0) is 29.7 Å². The van der Waals surface area contributed by atoms with E-state index >= 15 is 0 Å². The third-order valence-electron chi connectivity index (χ3n) is 3.12. The van der Waals surface area contributed by atoms with Crippen LogP contribution in [0, 0.1) is 0 Å². The number of aliphatic hydroxyl groups excluding tert-OH is 1. The molecule has 0 amide bonds. The summed E-state index contributed by atoms with van der Waals surface area (Å²) in [5.74, 6) is 0. The summed E-state index contributed by atoms with van der Waals surface area (Å²) in [6.07, 6.45) is 7.49. The predicted molar refractivity (Wildman–Crippen MR) is 78.1 cm³/mol. The SMILES string of the molecule is CCCn1cc(S(=O)(=O)NCCn2ccnc2)cc1CO. The molecule has 2 rings (SSSR count). The average molecular weight is 312 g/mol. The molecule has 0 aliphatic heterocycles. The second-order valence-corrected chi connectivity index (χ2v) is 6.48. The predicted octanol–water partition coefficient (Wildman–Crippen LogP) is 0.565. The molecule has 2 aromatic rings. The molecule has 0 fully saturated rings. The number of hydrogen-bond donors (Lipinski definition) is 2. The van der Waals surface area contributed by atoms with Gasteiger partial charge in [0.1, 0.15) is 0 Å². The van der Waals surface area contributed by atoms with Crippen molar-refractivity contribution in [3.05, 3.63) is 36.7 Å². The first-order chi connectivity index (χ1) is 10.1. The zero-order chi connectivity index (χ0) is 15.3. The van der Waals surface area contributed by atoms with Crippen molar-refractivity contribution < 1.29 is 13.5 Å². The van der Waals surface area contributed by atoms with Crippen molar-refractivity contribution in [2.24, 2.45) is 0 Å². The number of aromatic nitrogens is 3. The molecule has 8 heteroatoms. The molecule has 0 aliphatic rings. The quantitative estimate of drug-likeness (QED) is 0.745. The van der Waals surface area contributed by atoms with Gasteiger partial charge in [-0.25, -0.2) is 18.1 Å². The zero-order valence-electron chi connectivity index (χ0n) is 11.9. The lowest BCUT2D eigenvalue weighted by atomic mass is 10.4. The summed E-state index contributed by atoms with van der Waals surface area (Å²) < 4.78 is 30.5. The Balaban J connectivity index is 2.04. The Labute approximate surface area is 124 Å². The lowest BCUT2D eigenvalue weighted by molar-refractivity contribution is 0.270. The molecular weight excluding hydrogens is 292 g/mol. The number of imidazole rings is 1. The first-order valence-electron chi connectivity index (χ1n) is 6.82. The van der Waals surface area contributed by atoms with Crippen LogP contribution < -0.4 is 4.72 Å². The number of nitrogens with zero attached hydrogens (tertiary/aromatic N) is 3. The van der Waals surface area contributed by atoms with Crippen LogP contribution in [0.15, 0.2) is 35.9 Å². The van der Waals surface area contributed by atoms with E-state index in [1.807, 2.05) is 6.92 Å². The van der Waals surface area contributed by atoms with Crippen LogP contribution in [0.4, 0.5) is 0 Å². The minimum absolute atomic E-state index is 0.176. The van der Waals surface area contributed by atoms with Crippen LogP contribution in [0.25, 0.3) is 0 Å². The molecule has 0 unspecified atom stereocenters. The van der Waals surface area contributed by atoms with E-state index in [1.165, 1.54) is 6.07 Å². The van der Waals surface area contributed by atoms with Crippen molar-refractivity contribution in [1.29, 1.82) is 0 Å². The van der Waals surface area contributed by atoms with Gasteiger partial charge in [-0.05, 0) is 12.5 Å². The van der Waals surface area contributed by atoms with Crippen LogP contribution in [0.5, 0.6) is 0 Å². The minimum Gasteiger partial charge on any atom is -0.390 e. The van der Waals surface area contributed by atoms with E-state index in [9.17, 15) is 13.5 Å². The molecule has 0 saturated carbocycles. The summed E-state index contributed by atoms with van der Waals surface area (Å²) in [6.45, 7) is 3.30. The molecule has 0 bridgehead atoms. The molecule has 2 aromatic heterocycles. The first-order valence-corrected chi connectivity index (χ1v) is 8.30. The Morgan fingerprint density at radius 2 is 2.19 bits per heavy atom. The molecule has 0 aromatic carbocycles. The van der Waals surface area contributed by atoms with Crippen molar-refractivity contribution in [3.8, 4) is 0 Å². The van der Waals surface area contributed by atoms with Crippen LogP contribution >= 0.6 is 0 Å². The number of nitrogens with one attached hydrogen (secondary N) is 1. The van der Waals surface area contributed by atoms with E-state index in [0.29, 0.717) is 18.8 Å². The molecule has 0 spiro atoms. The molecule has 7 nitrogen and oxygen atoms in total. The fraction of sp³-hybridized carbons (Fsp3) is 0.462. The van der Waals surface area contributed by atoms with E-state index in [1.54, 1.807) is 34.1 Å². The average Bonchev–Trinajstić information content (AvgIpc) is 3.08. The van der Waals surface area contributed by atoms with Gasteiger partial charge in [0.15, 0.2) is 0 Å². The Bertz CT molecular complexity index is 662. The van der Waals surface area contributed by atoms with Crippen molar-refractivity contribution in [2.75, 3.05) is 6.54 Å². The molecule has 2 N–H and O–H groups in total. The summed E-state index contributed by atoms with van der Waals surface area (Å²) in [7, 11) is -3.56. The molecular formula is C13H20N4O3S. The third kappa shape index (κ3) is 3.93. The first kappa shape index (κ1) is 15.7. The third-order valence-corrected chi connectivity index (χ3v) is 4.55. The van der Waals surface area contributed by atoms with Crippen LogP contribution in [0.1, 0.15) is 19.0 Å². The van der Waals surface area contributed by atoms with Crippen molar-refractivity contribution in [2.45, 2.75) is 37.9 Å². The number of hydrogen-bond acceptors (Lipinski definition) is 4. The van der Waals surface area contributed by atoms with Gasteiger partial charge in [-0.2, -0.15) is 0 Å². The maximum Gasteiger partial charge on any atom is 0.242 e. The van der Waals surface area contributed by atoms with E-state index in [4.69, 9.17) is 0 Å². The summed E-state index contributed by atoms with van der Waals surface area (Å²) in [4.78, 5) is 4.08. The lowest BCUT2D eigenvalue weighted by Gasteiger charge is -2.05. The molecule has 0 aliphatic carbocycles. The molecule has 0 radical (unpaired) electrons.